The SMILES string of the molecule is CCC1CCN(C(=O)NCc2noc(C)n2)C(C(=O)O)C1. The summed E-state index contributed by atoms with van der Waals surface area (Å²) in [7, 11) is 0. The summed E-state index contributed by atoms with van der Waals surface area (Å²) in [5, 5.41) is 15.6. The third-order valence-corrected chi connectivity index (χ3v) is 3.80. The van der Waals surface area contributed by atoms with Gasteiger partial charge in [0.15, 0.2) is 5.82 Å². The second-order valence-electron chi connectivity index (χ2n) is 5.23. The number of carbonyl (C=O) groups excluding carboxylic acids is 1. The number of nitrogens with zero attached hydrogens (tertiary/aromatic N) is 3. The molecule has 21 heavy (non-hydrogen) atoms. The number of amides is 2. The Morgan fingerprint density at radius 2 is 2.29 bits per heavy atom. The quantitative estimate of drug-likeness (QED) is 0.863. The van der Waals surface area contributed by atoms with Crippen molar-refractivity contribution in [1.82, 2.24) is 20.4 Å². The van der Waals surface area contributed by atoms with E-state index in [4.69, 9.17) is 4.52 Å². The van der Waals surface area contributed by atoms with Crippen molar-refractivity contribution in [3.63, 3.8) is 0 Å². The number of piperidine rings is 1. The first-order chi connectivity index (χ1) is 10.0. The van der Waals surface area contributed by atoms with E-state index < -0.39 is 18.0 Å². The summed E-state index contributed by atoms with van der Waals surface area (Å²) < 4.78 is 4.81. The van der Waals surface area contributed by atoms with E-state index >= 15 is 0 Å². The van der Waals surface area contributed by atoms with E-state index in [2.05, 4.69) is 15.5 Å². The van der Waals surface area contributed by atoms with Gasteiger partial charge in [-0.05, 0) is 18.8 Å². The van der Waals surface area contributed by atoms with Crippen LogP contribution >= 0.6 is 0 Å². The maximum atomic E-state index is 12.2. The number of nitrogens with one attached hydrogen (secondary N) is 1. The zero-order valence-electron chi connectivity index (χ0n) is 12.2. The molecule has 1 aliphatic heterocycles. The molecule has 1 aliphatic rings. The van der Waals surface area contributed by atoms with Crippen LogP contribution in [0.4, 0.5) is 4.79 Å². The van der Waals surface area contributed by atoms with Gasteiger partial charge in [0.2, 0.25) is 5.89 Å². The fourth-order valence-corrected chi connectivity index (χ4v) is 2.56. The lowest BCUT2D eigenvalue weighted by molar-refractivity contribution is -0.144. The molecule has 1 saturated heterocycles. The fraction of sp³-hybridized carbons (Fsp3) is 0.692. The third-order valence-electron chi connectivity index (χ3n) is 3.80. The molecule has 0 radical (unpaired) electrons. The molecule has 116 valence electrons. The minimum atomic E-state index is -0.960. The molecular weight excluding hydrogens is 276 g/mol. The Labute approximate surface area is 122 Å². The van der Waals surface area contributed by atoms with Gasteiger partial charge in [-0.3, -0.25) is 0 Å². The number of carboxylic acids is 1. The molecule has 1 aromatic rings. The largest absolute Gasteiger partial charge is 0.480 e. The average Bonchev–Trinajstić information content (AvgIpc) is 2.89. The van der Waals surface area contributed by atoms with Crippen LogP contribution in [0.3, 0.4) is 0 Å². The minimum absolute atomic E-state index is 0.121. The molecule has 2 atom stereocenters. The van der Waals surface area contributed by atoms with Crippen LogP contribution in [-0.4, -0.2) is 44.7 Å². The highest BCUT2D eigenvalue weighted by atomic mass is 16.5. The van der Waals surface area contributed by atoms with E-state index in [0.717, 1.165) is 12.8 Å². The number of aryl methyl sites for hydroxylation is 1. The van der Waals surface area contributed by atoms with Crippen LogP contribution in [-0.2, 0) is 11.3 Å². The summed E-state index contributed by atoms with van der Waals surface area (Å²) in [5.74, 6) is 0.191. The normalized spacial score (nSPS) is 22.1. The molecule has 2 N–H and O–H groups in total. The Kier molecular flexibility index (Phi) is 4.77. The van der Waals surface area contributed by atoms with Gasteiger partial charge >= 0.3 is 12.0 Å². The van der Waals surface area contributed by atoms with Gasteiger partial charge in [-0.1, -0.05) is 18.5 Å². The van der Waals surface area contributed by atoms with E-state index in [1.165, 1.54) is 4.90 Å². The van der Waals surface area contributed by atoms with Crippen molar-refractivity contribution in [3.8, 4) is 0 Å². The average molecular weight is 296 g/mol. The molecule has 2 amide bonds. The number of aliphatic carboxylic acids is 1. The zero-order chi connectivity index (χ0) is 15.4. The predicted molar refractivity (Wildman–Crippen MR) is 72.4 cm³/mol. The number of aromatic nitrogens is 2. The van der Waals surface area contributed by atoms with Crippen LogP contribution in [0, 0.1) is 12.8 Å². The van der Waals surface area contributed by atoms with E-state index in [9.17, 15) is 14.7 Å². The molecule has 2 unspecified atom stereocenters. The van der Waals surface area contributed by atoms with Crippen LogP contribution < -0.4 is 5.32 Å². The molecule has 0 spiro atoms. The third kappa shape index (κ3) is 3.71. The number of hydrogen-bond acceptors (Lipinski definition) is 5. The Bertz CT molecular complexity index is 516. The highest BCUT2D eigenvalue weighted by molar-refractivity contribution is 5.82. The molecule has 0 bridgehead atoms. The molecule has 1 fully saturated rings. The Morgan fingerprint density at radius 1 is 1.52 bits per heavy atom. The van der Waals surface area contributed by atoms with Crippen LogP contribution in [0.1, 0.15) is 37.9 Å². The van der Waals surface area contributed by atoms with Crippen molar-refractivity contribution in [3.05, 3.63) is 11.7 Å². The van der Waals surface area contributed by atoms with Crippen molar-refractivity contribution in [2.75, 3.05) is 6.54 Å². The summed E-state index contributed by atoms with van der Waals surface area (Å²) in [5.41, 5.74) is 0. The molecule has 0 aliphatic carbocycles. The lowest BCUT2D eigenvalue weighted by Gasteiger charge is -2.36. The molecule has 2 rings (SSSR count). The maximum absolute atomic E-state index is 12.2. The van der Waals surface area contributed by atoms with Crippen molar-refractivity contribution in [2.24, 2.45) is 5.92 Å². The monoisotopic (exact) mass is 296 g/mol. The first-order valence-corrected chi connectivity index (χ1v) is 7.07. The predicted octanol–water partition coefficient (Wildman–Crippen LogP) is 1.16. The summed E-state index contributed by atoms with van der Waals surface area (Å²) in [4.78, 5) is 28.9. The molecule has 0 aromatic carbocycles. The van der Waals surface area contributed by atoms with E-state index in [-0.39, 0.29) is 6.54 Å². The fourth-order valence-electron chi connectivity index (χ4n) is 2.56. The van der Waals surface area contributed by atoms with Gasteiger partial charge in [0.25, 0.3) is 0 Å². The number of carbonyl (C=O) groups is 2. The minimum Gasteiger partial charge on any atom is -0.480 e. The molecule has 2 heterocycles. The lowest BCUT2D eigenvalue weighted by Crippen LogP contribution is -2.53. The number of hydrogen-bond donors (Lipinski definition) is 2. The number of urea groups is 1. The van der Waals surface area contributed by atoms with Crippen LogP contribution in [0.25, 0.3) is 0 Å². The van der Waals surface area contributed by atoms with Gasteiger partial charge in [0, 0.05) is 13.5 Å². The van der Waals surface area contributed by atoms with Crippen molar-refractivity contribution < 1.29 is 19.2 Å². The first-order valence-electron chi connectivity index (χ1n) is 7.07. The maximum Gasteiger partial charge on any atom is 0.326 e. The summed E-state index contributed by atoms with van der Waals surface area (Å²) >= 11 is 0. The van der Waals surface area contributed by atoms with Gasteiger partial charge < -0.3 is 19.8 Å². The molecule has 8 nitrogen and oxygen atoms in total. The molecule has 1 aromatic heterocycles. The van der Waals surface area contributed by atoms with Gasteiger partial charge in [0.1, 0.15) is 6.04 Å². The molecular formula is C13H20N4O4. The number of rotatable bonds is 4. The number of carboxylic acid groups (broad SMARTS) is 1. The summed E-state index contributed by atoms with van der Waals surface area (Å²) in [6, 6.07) is -1.17. The van der Waals surface area contributed by atoms with E-state index in [1.807, 2.05) is 6.92 Å². The Hall–Kier alpha value is -2.12. The Balaban J connectivity index is 1.95. The smallest absolute Gasteiger partial charge is 0.326 e. The Morgan fingerprint density at radius 3 is 2.86 bits per heavy atom. The topological polar surface area (TPSA) is 109 Å². The highest BCUT2D eigenvalue weighted by Crippen LogP contribution is 2.25. The van der Waals surface area contributed by atoms with Crippen molar-refractivity contribution in [2.45, 2.75) is 45.7 Å². The first kappa shape index (κ1) is 15.3. The summed E-state index contributed by atoms with van der Waals surface area (Å²) in [6.45, 7) is 4.27. The highest BCUT2D eigenvalue weighted by Gasteiger charge is 2.35. The van der Waals surface area contributed by atoms with Gasteiger partial charge in [-0.15, -0.1) is 0 Å². The van der Waals surface area contributed by atoms with Gasteiger partial charge in [-0.2, -0.15) is 4.98 Å². The van der Waals surface area contributed by atoms with E-state index in [1.54, 1.807) is 6.92 Å². The summed E-state index contributed by atoms with van der Waals surface area (Å²) in [6.07, 6.45) is 2.26. The van der Waals surface area contributed by atoms with Gasteiger partial charge in [-0.25, -0.2) is 9.59 Å². The molecule has 0 saturated carbocycles. The van der Waals surface area contributed by atoms with Crippen molar-refractivity contribution >= 4 is 12.0 Å². The van der Waals surface area contributed by atoms with Crippen molar-refractivity contribution in [1.29, 1.82) is 0 Å². The lowest BCUT2D eigenvalue weighted by atomic mass is 9.89. The van der Waals surface area contributed by atoms with Crippen LogP contribution in [0.5, 0.6) is 0 Å². The number of likely N-dealkylation sites (tertiary alicyclic amines) is 1. The second-order valence-corrected chi connectivity index (χ2v) is 5.23. The van der Waals surface area contributed by atoms with Crippen LogP contribution in [0.2, 0.25) is 0 Å². The van der Waals surface area contributed by atoms with Crippen LogP contribution in [0.15, 0.2) is 4.52 Å². The second kappa shape index (κ2) is 6.55. The molecule has 8 heteroatoms. The van der Waals surface area contributed by atoms with Gasteiger partial charge in [0.05, 0.1) is 6.54 Å². The van der Waals surface area contributed by atoms with E-state index in [0.29, 0.717) is 30.6 Å². The zero-order valence-corrected chi connectivity index (χ0v) is 12.2. The standard InChI is InChI=1S/C13H20N4O4/c1-3-9-4-5-17(10(6-9)12(18)19)13(20)14-7-11-15-8(2)21-16-11/h9-10H,3-7H2,1-2H3,(H,14,20)(H,18,19).